The van der Waals surface area contributed by atoms with Crippen LogP contribution in [0, 0.1) is 5.41 Å². The zero-order valence-electron chi connectivity index (χ0n) is 17.4. The van der Waals surface area contributed by atoms with E-state index in [-0.39, 0.29) is 10.9 Å². The number of aryl methyl sites for hydroxylation is 3. The summed E-state index contributed by atoms with van der Waals surface area (Å²) in [5.74, 6) is 0.555. The van der Waals surface area contributed by atoms with Crippen molar-refractivity contribution in [2.75, 3.05) is 5.32 Å². The molecule has 1 unspecified atom stereocenters. The van der Waals surface area contributed by atoms with Gasteiger partial charge in [0.1, 0.15) is 17.1 Å². The molecule has 3 aliphatic rings. The molecule has 1 aromatic heterocycles. The fourth-order valence-corrected chi connectivity index (χ4v) is 5.74. The summed E-state index contributed by atoms with van der Waals surface area (Å²) in [6, 6.07) is 3.31. The molecule has 2 aromatic rings. The molecule has 158 valence electrons. The second-order valence-electron chi connectivity index (χ2n) is 9.17. The maximum Gasteiger partial charge on any atom is 0.361 e. The third-order valence-electron chi connectivity index (χ3n) is 6.70. The van der Waals surface area contributed by atoms with Crippen LogP contribution in [-0.2, 0) is 43.5 Å². The average molecular weight is 427 g/mol. The first-order valence-corrected chi connectivity index (χ1v) is 11.8. The van der Waals surface area contributed by atoms with E-state index >= 15 is 0 Å². The molecular formula is C23H26N2O4S. The van der Waals surface area contributed by atoms with Crippen LogP contribution in [0.2, 0.25) is 0 Å². The first-order valence-electron chi connectivity index (χ1n) is 10.7. The van der Waals surface area contributed by atoms with Gasteiger partial charge in [-0.3, -0.25) is 4.79 Å². The average Bonchev–Trinajstić information content (AvgIpc) is 3.43. The minimum atomic E-state index is -1.87. The van der Waals surface area contributed by atoms with E-state index in [1.807, 2.05) is 13.8 Å². The number of hydrogen-bond acceptors (Lipinski definition) is 4. The minimum Gasteiger partial charge on any atom is -0.585 e. The quantitative estimate of drug-likeness (QED) is 0.717. The lowest BCUT2D eigenvalue weighted by Gasteiger charge is -2.26. The topological polar surface area (TPSA) is 94.4 Å². The van der Waals surface area contributed by atoms with E-state index in [1.165, 1.54) is 28.3 Å². The summed E-state index contributed by atoms with van der Waals surface area (Å²) in [6.07, 6.45) is 7.54. The summed E-state index contributed by atoms with van der Waals surface area (Å²) in [7, 11) is 0. The molecule has 7 heteroatoms. The van der Waals surface area contributed by atoms with Crippen molar-refractivity contribution in [3.05, 3.63) is 45.7 Å². The molecule has 0 fully saturated rings. The number of nitrogens with one attached hydrogen (secondary N) is 2. The van der Waals surface area contributed by atoms with Crippen molar-refractivity contribution in [1.29, 1.82) is 0 Å². The van der Waals surface area contributed by atoms with Gasteiger partial charge in [0.25, 0.3) is 0 Å². The zero-order valence-corrected chi connectivity index (χ0v) is 18.2. The number of hydrogen-bond donors (Lipinski definition) is 2. The monoisotopic (exact) mass is 426 g/mol. The lowest BCUT2D eigenvalue weighted by atomic mass is 9.76. The third-order valence-corrected chi connectivity index (χ3v) is 7.64. The van der Waals surface area contributed by atoms with Gasteiger partial charge in [0.2, 0.25) is 0 Å². The van der Waals surface area contributed by atoms with Gasteiger partial charge in [0, 0.05) is 23.6 Å². The second kappa shape index (κ2) is 7.17. The molecule has 0 saturated heterocycles. The molecule has 0 bridgehead atoms. The molecule has 30 heavy (non-hydrogen) atoms. The number of anilines is 1. The van der Waals surface area contributed by atoms with Gasteiger partial charge in [-0.2, -0.15) is 0 Å². The largest absolute Gasteiger partial charge is 0.585 e. The number of ketones is 1. The van der Waals surface area contributed by atoms with Crippen LogP contribution in [0.3, 0.4) is 0 Å². The SMILES string of the molecule is CC1(C)CCc2oc([S+]([O-])NC(=O)Nc3c4c(cc5c3CCC5)CCC4)cc2C1=O. The van der Waals surface area contributed by atoms with Gasteiger partial charge in [-0.05, 0) is 67.2 Å². The Kier molecular flexibility index (Phi) is 4.71. The Bertz CT molecular complexity index is 1020. The third kappa shape index (κ3) is 3.24. The van der Waals surface area contributed by atoms with Crippen molar-refractivity contribution in [3.63, 3.8) is 0 Å². The molecule has 0 aliphatic heterocycles. The maximum atomic E-state index is 12.7. The van der Waals surface area contributed by atoms with Crippen LogP contribution in [0.5, 0.6) is 0 Å². The molecular weight excluding hydrogens is 400 g/mol. The van der Waals surface area contributed by atoms with E-state index in [0.717, 1.165) is 44.2 Å². The lowest BCUT2D eigenvalue weighted by Crippen LogP contribution is -2.34. The van der Waals surface area contributed by atoms with E-state index in [1.54, 1.807) is 0 Å². The van der Waals surface area contributed by atoms with E-state index in [2.05, 4.69) is 16.1 Å². The number of rotatable bonds is 3. The normalized spacial score (nSPS) is 19.8. The maximum absolute atomic E-state index is 12.7. The Morgan fingerprint density at radius 3 is 2.40 bits per heavy atom. The first-order chi connectivity index (χ1) is 14.3. The van der Waals surface area contributed by atoms with Gasteiger partial charge in [0.05, 0.1) is 5.56 Å². The predicted molar refractivity (Wildman–Crippen MR) is 114 cm³/mol. The number of carbonyl (C=O) groups is 2. The Hall–Kier alpha value is -2.25. The standard InChI is InChI=1S/C23H26N2O4S/c1-23(2)10-9-18-17(21(23)26)12-19(29-18)30(28)25-22(27)24-20-15-7-3-5-13(15)11-14-6-4-8-16(14)20/h11-12H,3-10H2,1-2H3,(H2,24,25,27). The molecule has 0 radical (unpaired) electrons. The fraction of sp³-hybridized carbons (Fsp3) is 0.478. The Labute approximate surface area is 179 Å². The van der Waals surface area contributed by atoms with Crippen LogP contribution in [-0.4, -0.2) is 16.4 Å². The highest BCUT2D eigenvalue weighted by Gasteiger charge is 2.38. The molecule has 1 heterocycles. The molecule has 2 N–H and O–H groups in total. The van der Waals surface area contributed by atoms with Crippen molar-refractivity contribution < 1.29 is 18.6 Å². The molecule has 0 spiro atoms. The summed E-state index contributed by atoms with van der Waals surface area (Å²) >= 11 is -1.87. The Balaban J connectivity index is 1.34. The minimum absolute atomic E-state index is 0.00406. The second-order valence-corrected chi connectivity index (χ2v) is 10.3. The van der Waals surface area contributed by atoms with Crippen LogP contribution in [0.25, 0.3) is 0 Å². The van der Waals surface area contributed by atoms with Crippen molar-refractivity contribution in [2.24, 2.45) is 5.41 Å². The van der Waals surface area contributed by atoms with Gasteiger partial charge in [0.15, 0.2) is 5.78 Å². The Morgan fingerprint density at radius 1 is 1.07 bits per heavy atom. The van der Waals surface area contributed by atoms with Crippen LogP contribution in [0.15, 0.2) is 21.6 Å². The lowest BCUT2D eigenvalue weighted by molar-refractivity contribution is 0.0804. The summed E-state index contributed by atoms with van der Waals surface area (Å²) in [4.78, 5) is 25.3. The summed E-state index contributed by atoms with van der Waals surface area (Å²) < 4.78 is 20.9. The summed E-state index contributed by atoms with van der Waals surface area (Å²) in [6.45, 7) is 3.81. The first kappa shape index (κ1) is 19.7. The van der Waals surface area contributed by atoms with Crippen molar-refractivity contribution in [1.82, 2.24) is 4.72 Å². The number of urea groups is 1. The highest BCUT2D eigenvalue weighted by Crippen LogP contribution is 2.39. The van der Waals surface area contributed by atoms with Crippen LogP contribution in [0.4, 0.5) is 10.5 Å². The highest BCUT2D eigenvalue weighted by molar-refractivity contribution is 7.89. The number of benzene rings is 1. The number of Topliss-reactive ketones (excluding diaryl/α,β-unsaturated/α-hetero) is 1. The fourth-order valence-electron chi connectivity index (χ4n) is 5.02. The van der Waals surface area contributed by atoms with Crippen LogP contribution in [0.1, 0.15) is 71.5 Å². The molecule has 6 nitrogen and oxygen atoms in total. The van der Waals surface area contributed by atoms with Crippen LogP contribution < -0.4 is 10.0 Å². The summed E-state index contributed by atoms with van der Waals surface area (Å²) in [5, 5.41) is 3.09. The van der Waals surface area contributed by atoms with Gasteiger partial charge >= 0.3 is 11.1 Å². The number of carbonyl (C=O) groups excluding carboxylic acids is 2. The van der Waals surface area contributed by atoms with Crippen molar-refractivity contribution in [2.45, 2.75) is 70.3 Å². The van der Waals surface area contributed by atoms with E-state index in [0.29, 0.717) is 24.2 Å². The van der Waals surface area contributed by atoms with E-state index in [4.69, 9.17) is 4.42 Å². The predicted octanol–water partition coefficient (Wildman–Crippen LogP) is 4.26. The molecule has 3 aliphatic carbocycles. The Morgan fingerprint density at radius 2 is 1.73 bits per heavy atom. The highest BCUT2D eigenvalue weighted by atomic mass is 32.2. The summed E-state index contributed by atoms with van der Waals surface area (Å²) in [5.41, 5.74) is 6.03. The molecule has 1 atom stereocenters. The molecule has 5 rings (SSSR count). The van der Waals surface area contributed by atoms with Gasteiger partial charge in [-0.25, -0.2) is 4.79 Å². The number of fused-ring (bicyclic) bond motifs is 3. The number of furan rings is 1. The van der Waals surface area contributed by atoms with Crippen molar-refractivity contribution >= 4 is 28.9 Å². The zero-order chi connectivity index (χ0) is 21.0. The van der Waals surface area contributed by atoms with Crippen LogP contribution >= 0.6 is 0 Å². The number of amides is 2. The van der Waals surface area contributed by atoms with E-state index < -0.39 is 22.8 Å². The smallest absolute Gasteiger partial charge is 0.361 e. The van der Waals surface area contributed by atoms with Gasteiger partial charge in [-0.1, -0.05) is 19.9 Å². The molecule has 1 aromatic carbocycles. The van der Waals surface area contributed by atoms with Gasteiger partial charge < -0.3 is 14.3 Å². The van der Waals surface area contributed by atoms with Gasteiger partial charge in [-0.15, -0.1) is 4.72 Å². The molecule has 0 saturated carbocycles. The van der Waals surface area contributed by atoms with E-state index in [9.17, 15) is 14.1 Å². The van der Waals surface area contributed by atoms with Crippen molar-refractivity contribution in [3.8, 4) is 0 Å². The molecule has 2 amide bonds.